The van der Waals surface area contributed by atoms with Crippen LogP contribution in [0.3, 0.4) is 0 Å². The maximum absolute atomic E-state index is 13.1. The van der Waals surface area contributed by atoms with Crippen LogP contribution < -0.4 is 14.8 Å². The molecular weight excluding hydrogens is 356 g/mol. The Balaban J connectivity index is 1.85. The third kappa shape index (κ3) is 3.96. The van der Waals surface area contributed by atoms with Gasteiger partial charge in [0.1, 0.15) is 17.5 Å². The molecule has 0 saturated carbocycles. The molecule has 0 bridgehead atoms. The monoisotopic (exact) mass is 382 g/mol. The topological polar surface area (TPSA) is 67.9 Å². The number of methoxy groups -OCH3 is 2. The molecule has 1 atom stereocenters. The minimum absolute atomic E-state index is 0.0142. The second-order valence-electron chi connectivity index (χ2n) is 6.76. The average molecular weight is 382 g/mol. The molecular formula is C22H26N2O4. The number of hydrogen-bond acceptors (Lipinski definition) is 4. The van der Waals surface area contributed by atoms with E-state index in [0.29, 0.717) is 24.5 Å². The Hall–Kier alpha value is -3.02. The molecule has 2 aromatic rings. The van der Waals surface area contributed by atoms with Gasteiger partial charge < -0.3 is 19.7 Å². The SMILES string of the molecule is CCCN1C(=O)Cc2ccccc2[C@@H]1C(=O)NCc1cc(OC)ccc1OC. The van der Waals surface area contributed by atoms with Gasteiger partial charge in [0, 0.05) is 18.7 Å². The second-order valence-corrected chi connectivity index (χ2v) is 6.76. The molecule has 1 aliphatic rings. The van der Waals surface area contributed by atoms with Gasteiger partial charge in [-0.05, 0) is 35.7 Å². The Morgan fingerprint density at radius 2 is 1.96 bits per heavy atom. The van der Waals surface area contributed by atoms with E-state index < -0.39 is 6.04 Å². The summed E-state index contributed by atoms with van der Waals surface area (Å²) in [6.07, 6.45) is 1.13. The summed E-state index contributed by atoms with van der Waals surface area (Å²) in [5, 5.41) is 2.98. The number of nitrogens with zero attached hydrogens (tertiary/aromatic N) is 1. The fourth-order valence-corrected chi connectivity index (χ4v) is 3.61. The first-order valence-corrected chi connectivity index (χ1v) is 9.45. The molecule has 0 spiro atoms. The highest BCUT2D eigenvalue weighted by Crippen LogP contribution is 2.31. The number of benzene rings is 2. The van der Waals surface area contributed by atoms with Gasteiger partial charge in [-0.1, -0.05) is 31.2 Å². The third-order valence-electron chi connectivity index (χ3n) is 4.98. The number of carbonyl (C=O) groups excluding carboxylic acids is 2. The Labute approximate surface area is 165 Å². The van der Waals surface area contributed by atoms with Crippen molar-refractivity contribution in [2.75, 3.05) is 20.8 Å². The van der Waals surface area contributed by atoms with E-state index in [4.69, 9.17) is 9.47 Å². The maximum Gasteiger partial charge on any atom is 0.247 e. The van der Waals surface area contributed by atoms with E-state index in [2.05, 4.69) is 5.32 Å². The highest BCUT2D eigenvalue weighted by atomic mass is 16.5. The normalized spacial score (nSPS) is 15.8. The highest BCUT2D eigenvalue weighted by molar-refractivity contribution is 5.92. The summed E-state index contributed by atoms with van der Waals surface area (Å²) in [6.45, 7) is 2.84. The van der Waals surface area contributed by atoms with Crippen molar-refractivity contribution >= 4 is 11.8 Å². The van der Waals surface area contributed by atoms with E-state index in [-0.39, 0.29) is 18.4 Å². The fraction of sp³-hybridized carbons (Fsp3) is 0.364. The Kier molecular flexibility index (Phi) is 6.19. The molecule has 1 aliphatic heterocycles. The van der Waals surface area contributed by atoms with Gasteiger partial charge in [-0.25, -0.2) is 0 Å². The Morgan fingerprint density at radius 3 is 2.68 bits per heavy atom. The van der Waals surface area contributed by atoms with Gasteiger partial charge in [-0.15, -0.1) is 0 Å². The van der Waals surface area contributed by atoms with E-state index in [1.54, 1.807) is 19.1 Å². The van der Waals surface area contributed by atoms with Gasteiger partial charge in [0.25, 0.3) is 0 Å². The Bertz CT molecular complexity index is 865. The van der Waals surface area contributed by atoms with Gasteiger partial charge in [-0.3, -0.25) is 9.59 Å². The van der Waals surface area contributed by atoms with Gasteiger partial charge in [0.2, 0.25) is 11.8 Å². The lowest BCUT2D eigenvalue weighted by atomic mass is 9.91. The summed E-state index contributed by atoms with van der Waals surface area (Å²) in [5.41, 5.74) is 2.62. The quantitative estimate of drug-likeness (QED) is 0.800. The molecule has 6 nitrogen and oxygen atoms in total. The fourth-order valence-electron chi connectivity index (χ4n) is 3.61. The highest BCUT2D eigenvalue weighted by Gasteiger charge is 2.36. The number of carbonyl (C=O) groups is 2. The number of ether oxygens (including phenoxy) is 2. The lowest BCUT2D eigenvalue weighted by molar-refractivity contribution is -0.141. The van der Waals surface area contributed by atoms with Crippen molar-refractivity contribution in [3.63, 3.8) is 0 Å². The molecule has 0 aliphatic carbocycles. The molecule has 2 amide bonds. The maximum atomic E-state index is 13.1. The van der Waals surface area contributed by atoms with Crippen molar-refractivity contribution in [1.29, 1.82) is 0 Å². The predicted octanol–water partition coefficient (Wildman–Crippen LogP) is 2.86. The van der Waals surface area contributed by atoms with Crippen molar-refractivity contribution in [2.24, 2.45) is 0 Å². The van der Waals surface area contributed by atoms with Crippen molar-refractivity contribution in [3.8, 4) is 11.5 Å². The molecule has 0 saturated heterocycles. The predicted molar refractivity (Wildman–Crippen MR) is 106 cm³/mol. The van der Waals surface area contributed by atoms with Crippen molar-refractivity contribution in [2.45, 2.75) is 32.4 Å². The van der Waals surface area contributed by atoms with Crippen LogP contribution in [0.1, 0.15) is 36.1 Å². The summed E-state index contributed by atoms with van der Waals surface area (Å²) in [5.74, 6) is 1.15. The molecule has 1 heterocycles. The summed E-state index contributed by atoms with van der Waals surface area (Å²) >= 11 is 0. The summed E-state index contributed by atoms with van der Waals surface area (Å²) in [4.78, 5) is 27.5. The average Bonchev–Trinajstić information content (AvgIpc) is 2.72. The van der Waals surface area contributed by atoms with Gasteiger partial charge in [0.05, 0.1) is 20.6 Å². The van der Waals surface area contributed by atoms with Crippen LogP contribution in [-0.4, -0.2) is 37.5 Å². The van der Waals surface area contributed by atoms with Crippen LogP contribution in [0.25, 0.3) is 0 Å². The van der Waals surface area contributed by atoms with Gasteiger partial charge in [0.15, 0.2) is 0 Å². The summed E-state index contributed by atoms with van der Waals surface area (Å²) in [7, 11) is 3.18. The van der Waals surface area contributed by atoms with Crippen LogP contribution in [0.15, 0.2) is 42.5 Å². The molecule has 3 rings (SSSR count). The van der Waals surface area contributed by atoms with Crippen LogP contribution in [-0.2, 0) is 22.6 Å². The largest absolute Gasteiger partial charge is 0.497 e. The van der Waals surface area contributed by atoms with Crippen LogP contribution in [0.2, 0.25) is 0 Å². The van der Waals surface area contributed by atoms with E-state index in [1.165, 1.54) is 0 Å². The second kappa shape index (κ2) is 8.78. The first-order valence-electron chi connectivity index (χ1n) is 9.45. The molecule has 1 N–H and O–H groups in total. The smallest absolute Gasteiger partial charge is 0.247 e. The number of nitrogens with one attached hydrogen (secondary N) is 1. The summed E-state index contributed by atoms with van der Waals surface area (Å²) < 4.78 is 10.7. The Morgan fingerprint density at radius 1 is 1.18 bits per heavy atom. The van der Waals surface area contributed by atoms with Crippen LogP contribution in [0, 0.1) is 0 Å². The lowest BCUT2D eigenvalue weighted by Gasteiger charge is -2.36. The minimum Gasteiger partial charge on any atom is -0.497 e. The van der Waals surface area contributed by atoms with Crippen LogP contribution >= 0.6 is 0 Å². The first kappa shape index (κ1) is 19.7. The zero-order valence-electron chi connectivity index (χ0n) is 16.5. The molecule has 28 heavy (non-hydrogen) atoms. The number of rotatable bonds is 7. The first-order chi connectivity index (χ1) is 13.6. The molecule has 148 valence electrons. The summed E-state index contributed by atoms with van der Waals surface area (Å²) in [6, 6.07) is 12.5. The molecule has 0 fully saturated rings. The molecule has 6 heteroatoms. The standard InChI is InChI=1S/C22H26N2O4/c1-4-11-24-20(25)13-15-7-5-6-8-18(15)21(24)22(26)23-14-16-12-17(27-2)9-10-19(16)28-3/h5-10,12,21H,4,11,13-14H2,1-3H3,(H,23,26)/t21-/m1/s1. The zero-order valence-corrected chi connectivity index (χ0v) is 16.5. The van der Waals surface area contributed by atoms with Crippen LogP contribution in [0.4, 0.5) is 0 Å². The molecule has 0 aromatic heterocycles. The van der Waals surface area contributed by atoms with Crippen molar-refractivity contribution < 1.29 is 19.1 Å². The minimum atomic E-state index is -0.617. The van der Waals surface area contributed by atoms with Gasteiger partial charge >= 0.3 is 0 Å². The van der Waals surface area contributed by atoms with E-state index in [1.807, 2.05) is 49.4 Å². The zero-order chi connectivity index (χ0) is 20.1. The van der Waals surface area contributed by atoms with E-state index in [9.17, 15) is 9.59 Å². The molecule has 2 aromatic carbocycles. The number of fused-ring (bicyclic) bond motifs is 1. The number of amides is 2. The van der Waals surface area contributed by atoms with E-state index >= 15 is 0 Å². The number of hydrogen-bond donors (Lipinski definition) is 1. The van der Waals surface area contributed by atoms with Crippen molar-refractivity contribution in [1.82, 2.24) is 10.2 Å². The van der Waals surface area contributed by atoms with Crippen molar-refractivity contribution in [3.05, 3.63) is 59.2 Å². The molecule has 0 radical (unpaired) electrons. The van der Waals surface area contributed by atoms with E-state index in [0.717, 1.165) is 23.1 Å². The third-order valence-corrected chi connectivity index (χ3v) is 4.98. The van der Waals surface area contributed by atoms with Crippen LogP contribution in [0.5, 0.6) is 11.5 Å². The molecule has 0 unspecified atom stereocenters. The lowest BCUT2D eigenvalue weighted by Crippen LogP contribution is -2.47. The van der Waals surface area contributed by atoms with Gasteiger partial charge in [-0.2, -0.15) is 0 Å².